The Bertz CT molecular complexity index is 337. The fraction of sp³-hybridized carbons (Fsp3) is 0.938. The van der Waals surface area contributed by atoms with Gasteiger partial charge in [0.25, 0.3) is 0 Å². The van der Waals surface area contributed by atoms with Gasteiger partial charge in [-0.25, -0.2) is 0 Å². The third kappa shape index (κ3) is 2.42. The Labute approximate surface area is 118 Å². The Balaban J connectivity index is 3.14. The third-order valence-corrected chi connectivity index (χ3v) is 5.12. The topological polar surface area (TPSA) is 35.5 Å². The van der Waals surface area contributed by atoms with E-state index in [2.05, 4.69) is 27.7 Å². The molecule has 1 fully saturated rings. The Morgan fingerprint density at radius 2 is 1.53 bits per heavy atom. The van der Waals surface area contributed by atoms with E-state index in [1.807, 2.05) is 20.8 Å². The predicted octanol–water partition coefficient (Wildman–Crippen LogP) is 4.15. The quantitative estimate of drug-likeness (QED) is 0.568. The summed E-state index contributed by atoms with van der Waals surface area (Å²) in [7, 11) is 1.65. The second-order valence-corrected chi connectivity index (χ2v) is 7.72. The highest BCUT2D eigenvalue weighted by Crippen LogP contribution is 2.59. The first kappa shape index (κ1) is 16.5. The number of carbonyl (C=O) groups is 1. The zero-order valence-electron chi connectivity index (χ0n) is 13.8. The number of hydrogen-bond donors (Lipinski definition) is 0. The summed E-state index contributed by atoms with van der Waals surface area (Å²) in [5.41, 5.74) is -0.824. The van der Waals surface area contributed by atoms with Crippen LogP contribution in [0.4, 0.5) is 0 Å². The van der Waals surface area contributed by atoms with Crippen LogP contribution in [-0.2, 0) is 14.3 Å². The maximum Gasteiger partial charge on any atom is 0.314 e. The first-order valence-electron chi connectivity index (χ1n) is 7.24. The highest BCUT2D eigenvalue weighted by molar-refractivity contribution is 5.76. The summed E-state index contributed by atoms with van der Waals surface area (Å²) in [6, 6.07) is 0. The molecule has 0 heterocycles. The summed E-state index contributed by atoms with van der Waals surface area (Å²) >= 11 is 0. The molecule has 0 radical (unpaired) electrons. The van der Waals surface area contributed by atoms with E-state index >= 15 is 0 Å². The van der Waals surface area contributed by atoms with Gasteiger partial charge in [-0.05, 0) is 33.1 Å². The molecule has 0 bridgehead atoms. The van der Waals surface area contributed by atoms with E-state index in [4.69, 9.17) is 9.47 Å². The van der Waals surface area contributed by atoms with Crippen molar-refractivity contribution in [3.63, 3.8) is 0 Å². The van der Waals surface area contributed by atoms with Crippen molar-refractivity contribution in [1.29, 1.82) is 0 Å². The van der Waals surface area contributed by atoms with Gasteiger partial charge in [0, 0.05) is 17.9 Å². The van der Waals surface area contributed by atoms with E-state index in [-0.39, 0.29) is 16.8 Å². The van der Waals surface area contributed by atoms with Gasteiger partial charge in [-0.3, -0.25) is 4.79 Å². The largest absolute Gasteiger partial charge is 0.431 e. The molecule has 1 aliphatic carbocycles. The van der Waals surface area contributed by atoms with Crippen molar-refractivity contribution in [2.45, 2.75) is 73.5 Å². The number of methoxy groups -OCH3 is 1. The highest BCUT2D eigenvalue weighted by Gasteiger charge is 2.64. The summed E-state index contributed by atoms with van der Waals surface area (Å²) in [5, 5.41) is 0. The van der Waals surface area contributed by atoms with Crippen molar-refractivity contribution in [1.82, 2.24) is 0 Å². The van der Waals surface area contributed by atoms with Crippen molar-refractivity contribution >= 4 is 5.97 Å². The average Bonchev–Trinajstić information content (AvgIpc) is 2.49. The number of hydrogen-bond acceptors (Lipinski definition) is 3. The molecule has 3 nitrogen and oxygen atoms in total. The molecule has 0 aliphatic heterocycles. The fourth-order valence-electron chi connectivity index (χ4n) is 3.15. The van der Waals surface area contributed by atoms with Crippen LogP contribution in [0.1, 0.15) is 67.7 Å². The van der Waals surface area contributed by atoms with Crippen LogP contribution in [0.5, 0.6) is 0 Å². The highest BCUT2D eigenvalue weighted by atomic mass is 16.7. The smallest absolute Gasteiger partial charge is 0.314 e. The van der Waals surface area contributed by atoms with Crippen LogP contribution in [0.25, 0.3) is 0 Å². The summed E-state index contributed by atoms with van der Waals surface area (Å²) in [4.78, 5) is 12.5. The van der Waals surface area contributed by atoms with Gasteiger partial charge in [-0.15, -0.1) is 0 Å². The number of carbonyl (C=O) groups excluding carboxylic acids is 1. The second kappa shape index (κ2) is 4.76. The monoisotopic (exact) mass is 270 g/mol. The Morgan fingerprint density at radius 1 is 1.11 bits per heavy atom. The van der Waals surface area contributed by atoms with Gasteiger partial charge in [0.05, 0.1) is 5.41 Å². The van der Waals surface area contributed by atoms with Gasteiger partial charge >= 0.3 is 5.97 Å². The van der Waals surface area contributed by atoms with Gasteiger partial charge < -0.3 is 9.47 Å². The minimum atomic E-state index is -0.844. The Morgan fingerprint density at radius 3 is 1.84 bits per heavy atom. The van der Waals surface area contributed by atoms with E-state index in [0.717, 1.165) is 19.3 Å². The summed E-state index contributed by atoms with van der Waals surface area (Å²) in [5.74, 6) is -1.01. The molecule has 0 unspecified atom stereocenters. The van der Waals surface area contributed by atoms with Crippen LogP contribution in [-0.4, -0.2) is 18.9 Å². The summed E-state index contributed by atoms with van der Waals surface area (Å²) < 4.78 is 11.8. The van der Waals surface area contributed by atoms with E-state index in [0.29, 0.717) is 0 Å². The van der Waals surface area contributed by atoms with E-state index in [1.54, 1.807) is 7.11 Å². The normalized spacial score (nSPS) is 24.2. The van der Waals surface area contributed by atoms with Crippen LogP contribution < -0.4 is 0 Å². The molecule has 0 saturated heterocycles. The first-order valence-corrected chi connectivity index (χ1v) is 7.24. The third-order valence-electron chi connectivity index (χ3n) is 5.12. The molecule has 0 atom stereocenters. The summed E-state index contributed by atoms with van der Waals surface area (Å²) in [6.45, 7) is 14.3. The molecular formula is C16H30O3. The van der Waals surface area contributed by atoms with Crippen molar-refractivity contribution in [2.24, 2.45) is 16.2 Å². The van der Waals surface area contributed by atoms with Crippen LogP contribution >= 0.6 is 0 Å². The Hall–Kier alpha value is -0.570. The summed E-state index contributed by atoms with van der Waals surface area (Å²) in [6.07, 6.45) is 2.74. The van der Waals surface area contributed by atoms with Crippen LogP contribution in [0.3, 0.4) is 0 Å². The van der Waals surface area contributed by atoms with Crippen LogP contribution in [0, 0.1) is 16.2 Å². The molecule has 112 valence electrons. The molecular weight excluding hydrogens is 240 g/mol. The molecule has 0 aromatic heterocycles. The lowest BCUT2D eigenvalue weighted by Crippen LogP contribution is -2.55. The predicted molar refractivity (Wildman–Crippen MR) is 76.7 cm³/mol. The lowest BCUT2D eigenvalue weighted by molar-refractivity contribution is -0.299. The molecule has 3 heteroatoms. The first-order chi connectivity index (χ1) is 8.46. The minimum absolute atomic E-state index is 0.167. The molecule has 1 aliphatic rings. The zero-order chi connectivity index (χ0) is 15.1. The molecule has 0 aromatic rings. The Kier molecular flexibility index (Phi) is 4.13. The van der Waals surface area contributed by atoms with E-state index in [1.165, 1.54) is 0 Å². The number of rotatable bonds is 4. The lowest BCUT2D eigenvalue weighted by atomic mass is 9.76. The standard InChI is InChI=1S/C16H30O3/c1-9-13(2,3)12(17)19-16(18-8)14(4,5)10-11-15(16,6)7/h9-11H2,1-8H3. The lowest BCUT2D eigenvalue weighted by Gasteiger charge is -2.47. The van der Waals surface area contributed by atoms with Gasteiger partial charge in [-0.2, -0.15) is 0 Å². The van der Waals surface area contributed by atoms with Gasteiger partial charge in [0.1, 0.15) is 0 Å². The van der Waals surface area contributed by atoms with Crippen molar-refractivity contribution in [3.8, 4) is 0 Å². The minimum Gasteiger partial charge on any atom is -0.431 e. The van der Waals surface area contributed by atoms with Crippen molar-refractivity contribution in [3.05, 3.63) is 0 Å². The molecule has 0 aromatic carbocycles. The molecule has 0 amide bonds. The molecule has 1 rings (SSSR count). The second-order valence-electron chi connectivity index (χ2n) is 7.72. The van der Waals surface area contributed by atoms with Gasteiger partial charge in [0.15, 0.2) is 0 Å². The number of ether oxygens (including phenoxy) is 2. The van der Waals surface area contributed by atoms with Crippen LogP contribution in [0.15, 0.2) is 0 Å². The maximum absolute atomic E-state index is 12.5. The van der Waals surface area contributed by atoms with E-state index < -0.39 is 11.2 Å². The van der Waals surface area contributed by atoms with Crippen LogP contribution in [0.2, 0.25) is 0 Å². The average molecular weight is 270 g/mol. The van der Waals surface area contributed by atoms with Gasteiger partial charge in [0.2, 0.25) is 5.79 Å². The fourth-order valence-corrected chi connectivity index (χ4v) is 3.15. The SMILES string of the molecule is CCC(C)(C)C(=O)OC1(OC)C(C)(C)CCC1(C)C. The number of esters is 1. The molecule has 19 heavy (non-hydrogen) atoms. The molecule has 1 saturated carbocycles. The zero-order valence-corrected chi connectivity index (χ0v) is 13.8. The van der Waals surface area contributed by atoms with Crippen molar-refractivity contribution in [2.75, 3.05) is 7.11 Å². The van der Waals surface area contributed by atoms with Gasteiger partial charge in [-0.1, -0.05) is 34.6 Å². The maximum atomic E-state index is 12.5. The van der Waals surface area contributed by atoms with E-state index in [9.17, 15) is 4.79 Å². The molecule has 0 N–H and O–H groups in total. The molecule has 0 spiro atoms. The van der Waals surface area contributed by atoms with Crippen molar-refractivity contribution < 1.29 is 14.3 Å².